The summed E-state index contributed by atoms with van der Waals surface area (Å²) >= 11 is 3.50. The Morgan fingerprint density at radius 2 is 2.00 bits per heavy atom. The van der Waals surface area contributed by atoms with E-state index in [0.29, 0.717) is 0 Å². The summed E-state index contributed by atoms with van der Waals surface area (Å²) in [6.45, 7) is 2.12. The lowest BCUT2D eigenvalue weighted by Gasteiger charge is -2.18. The van der Waals surface area contributed by atoms with Gasteiger partial charge in [0.25, 0.3) is 0 Å². The van der Waals surface area contributed by atoms with Crippen molar-refractivity contribution in [1.29, 1.82) is 0 Å². The zero-order valence-corrected chi connectivity index (χ0v) is 13.0. The molecule has 106 valence electrons. The fourth-order valence-electron chi connectivity index (χ4n) is 2.16. The lowest BCUT2D eigenvalue weighted by atomic mass is 10.1. The molecule has 21 heavy (non-hydrogen) atoms. The van der Waals surface area contributed by atoms with Gasteiger partial charge in [0.2, 0.25) is 0 Å². The zero-order chi connectivity index (χ0) is 14.7. The van der Waals surface area contributed by atoms with Gasteiger partial charge in [-0.2, -0.15) is 4.68 Å². The third kappa shape index (κ3) is 3.11. The fraction of sp³-hybridized carbons (Fsp3) is 0.133. The van der Waals surface area contributed by atoms with Crippen molar-refractivity contribution >= 4 is 21.6 Å². The highest BCUT2D eigenvalue weighted by Gasteiger charge is 2.10. The molecule has 0 spiro atoms. The van der Waals surface area contributed by atoms with Gasteiger partial charge in [0.05, 0.1) is 11.4 Å². The summed E-state index contributed by atoms with van der Waals surface area (Å²) in [7, 11) is 0. The van der Waals surface area contributed by atoms with E-state index in [9.17, 15) is 0 Å². The highest BCUT2D eigenvalue weighted by molar-refractivity contribution is 9.10. The van der Waals surface area contributed by atoms with Crippen LogP contribution in [0.2, 0.25) is 0 Å². The van der Waals surface area contributed by atoms with E-state index in [0.717, 1.165) is 15.8 Å². The number of hydrogen-bond acceptors (Lipinski definition) is 4. The molecule has 0 fully saturated rings. The van der Waals surface area contributed by atoms with Crippen molar-refractivity contribution in [1.82, 2.24) is 20.2 Å². The number of nitrogens with one attached hydrogen (secondary N) is 1. The first-order valence-electron chi connectivity index (χ1n) is 6.58. The smallest absolute Gasteiger partial charge is 0.143 e. The number of anilines is 1. The molecule has 1 heterocycles. The minimum atomic E-state index is 0.167. The van der Waals surface area contributed by atoms with Crippen LogP contribution in [0, 0.1) is 0 Å². The summed E-state index contributed by atoms with van der Waals surface area (Å²) in [5.74, 6) is 0. The Balaban J connectivity index is 1.88. The molecule has 2 aromatic carbocycles. The SMILES string of the molecule is CC(Nc1ccccc1-n1cnnn1)c1cccc(Br)c1. The van der Waals surface area contributed by atoms with Crippen molar-refractivity contribution in [2.24, 2.45) is 0 Å². The molecule has 6 heteroatoms. The lowest BCUT2D eigenvalue weighted by Crippen LogP contribution is -2.09. The molecule has 3 rings (SSSR count). The molecule has 0 bridgehead atoms. The average Bonchev–Trinajstić information content (AvgIpc) is 3.02. The standard InChI is InChI=1S/C15H14BrN5/c1-11(12-5-4-6-13(16)9-12)18-14-7-2-3-8-15(14)21-10-17-19-20-21/h2-11,18H,1H3. The second-order valence-corrected chi connectivity index (χ2v) is 5.61. The molecular formula is C15H14BrN5. The van der Waals surface area contributed by atoms with Crippen molar-refractivity contribution in [2.45, 2.75) is 13.0 Å². The minimum Gasteiger partial charge on any atom is -0.377 e. The predicted molar refractivity (Wildman–Crippen MR) is 85.3 cm³/mol. The molecule has 0 saturated carbocycles. The minimum absolute atomic E-state index is 0.167. The van der Waals surface area contributed by atoms with Gasteiger partial charge in [0, 0.05) is 10.5 Å². The molecule has 3 aromatic rings. The van der Waals surface area contributed by atoms with Crippen molar-refractivity contribution in [3.8, 4) is 5.69 Å². The summed E-state index contributed by atoms with van der Waals surface area (Å²) < 4.78 is 2.72. The van der Waals surface area contributed by atoms with Crippen LogP contribution in [-0.4, -0.2) is 20.2 Å². The highest BCUT2D eigenvalue weighted by atomic mass is 79.9. The topological polar surface area (TPSA) is 55.6 Å². The Morgan fingerprint density at radius 1 is 1.14 bits per heavy atom. The average molecular weight is 344 g/mol. The lowest BCUT2D eigenvalue weighted by molar-refractivity contribution is 0.785. The molecule has 1 unspecified atom stereocenters. The van der Waals surface area contributed by atoms with E-state index in [1.54, 1.807) is 11.0 Å². The van der Waals surface area contributed by atoms with E-state index >= 15 is 0 Å². The van der Waals surface area contributed by atoms with Crippen LogP contribution in [0.5, 0.6) is 0 Å². The Hall–Kier alpha value is -2.21. The molecule has 1 atom stereocenters. The van der Waals surface area contributed by atoms with E-state index in [2.05, 4.69) is 55.8 Å². The normalized spacial score (nSPS) is 12.1. The summed E-state index contributed by atoms with van der Waals surface area (Å²) in [5.41, 5.74) is 3.11. The first-order chi connectivity index (χ1) is 10.2. The Kier molecular flexibility index (Phi) is 3.96. The number of rotatable bonds is 4. The first kappa shape index (κ1) is 13.8. The third-order valence-electron chi connectivity index (χ3n) is 3.22. The molecule has 0 saturated heterocycles. The van der Waals surface area contributed by atoms with Gasteiger partial charge in [-0.1, -0.05) is 40.2 Å². The number of tetrazole rings is 1. The number of para-hydroxylation sites is 2. The van der Waals surface area contributed by atoms with E-state index in [1.165, 1.54) is 5.56 Å². The largest absolute Gasteiger partial charge is 0.377 e. The highest BCUT2D eigenvalue weighted by Crippen LogP contribution is 2.25. The Labute approximate surface area is 131 Å². The number of halogens is 1. The molecule has 5 nitrogen and oxygen atoms in total. The quantitative estimate of drug-likeness (QED) is 0.786. The van der Waals surface area contributed by atoms with E-state index in [1.807, 2.05) is 36.4 Å². The molecular weight excluding hydrogens is 330 g/mol. The van der Waals surface area contributed by atoms with Crippen molar-refractivity contribution < 1.29 is 0 Å². The van der Waals surface area contributed by atoms with Gasteiger partial charge in [-0.05, 0) is 47.2 Å². The van der Waals surface area contributed by atoms with Crippen LogP contribution >= 0.6 is 15.9 Å². The number of hydrogen-bond donors (Lipinski definition) is 1. The molecule has 0 aliphatic rings. The fourth-order valence-corrected chi connectivity index (χ4v) is 2.58. The van der Waals surface area contributed by atoms with E-state index < -0.39 is 0 Å². The number of benzene rings is 2. The van der Waals surface area contributed by atoms with Crippen molar-refractivity contribution in [3.05, 3.63) is 64.9 Å². The Bertz CT molecular complexity index is 726. The summed E-state index contributed by atoms with van der Waals surface area (Å²) in [5, 5.41) is 14.8. The molecule has 0 aliphatic heterocycles. The summed E-state index contributed by atoms with van der Waals surface area (Å²) in [4.78, 5) is 0. The van der Waals surface area contributed by atoms with Gasteiger partial charge >= 0.3 is 0 Å². The van der Waals surface area contributed by atoms with Gasteiger partial charge in [0.1, 0.15) is 6.33 Å². The monoisotopic (exact) mass is 343 g/mol. The van der Waals surface area contributed by atoms with Crippen LogP contribution in [0.3, 0.4) is 0 Å². The molecule has 0 aliphatic carbocycles. The van der Waals surface area contributed by atoms with Gasteiger partial charge in [-0.25, -0.2) is 0 Å². The van der Waals surface area contributed by atoms with E-state index in [-0.39, 0.29) is 6.04 Å². The van der Waals surface area contributed by atoms with Crippen LogP contribution in [-0.2, 0) is 0 Å². The summed E-state index contributed by atoms with van der Waals surface area (Å²) in [6.07, 6.45) is 1.59. The summed E-state index contributed by atoms with van der Waals surface area (Å²) in [6, 6.07) is 16.4. The predicted octanol–water partition coefficient (Wildman–Crippen LogP) is 3.60. The van der Waals surface area contributed by atoms with E-state index in [4.69, 9.17) is 0 Å². The van der Waals surface area contributed by atoms with Crippen molar-refractivity contribution in [2.75, 3.05) is 5.32 Å². The van der Waals surface area contributed by atoms with Crippen LogP contribution in [0.15, 0.2) is 59.3 Å². The van der Waals surface area contributed by atoms with Crippen LogP contribution in [0.1, 0.15) is 18.5 Å². The maximum atomic E-state index is 3.95. The molecule has 0 amide bonds. The maximum Gasteiger partial charge on any atom is 0.143 e. The maximum absolute atomic E-state index is 3.95. The van der Waals surface area contributed by atoms with Crippen LogP contribution in [0.25, 0.3) is 5.69 Å². The third-order valence-corrected chi connectivity index (χ3v) is 3.71. The number of aromatic nitrogens is 4. The molecule has 1 aromatic heterocycles. The second-order valence-electron chi connectivity index (χ2n) is 4.69. The van der Waals surface area contributed by atoms with Gasteiger partial charge < -0.3 is 5.32 Å². The van der Waals surface area contributed by atoms with Crippen molar-refractivity contribution in [3.63, 3.8) is 0 Å². The molecule has 0 radical (unpaired) electrons. The van der Waals surface area contributed by atoms with Gasteiger partial charge in [-0.15, -0.1) is 5.10 Å². The first-order valence-corrected chi connectivity index (χ1v) is 7.38. The second kappa shape index (κ2) is 6.05. The molecule has 1 N–H and O–H groups in total. The van der Waals surface area contributed by atoms with Gasteiger partial charge in [-0.3, -0.25) is 0 Å². The van der Waals surface area contributed by atoms with Crippen LogP contribution < -0.4 is 5.32 Å². The number of nitrogens with zero attached hydrogens (tertiary/aromatic N) is 4. The van der Waals surface area contributed by atoms with Crippen LogP contribution in [0.4, 0.5) is 5.69 Å². The van der Waals surface area contributed by atoms with Gasteiger partial charge in [0.15, 0.2) is 0 Å². The Morgan fingerprint density at radius 3 is 2.76 bits per heavy atom. The zero-order valence-electron chi connectivity index (χ0n) is 11.4.